The van der Waals surface area contributed by atoms with Crippen LogP contribution in [0.15, 0.2) is 30.3 Å². The Kier molecular flexibility index (Phi) is 8.95. The van der Waals surface area contributed by atoms with Gasteiger partial charge in [-0.15, -0.1) is 0 Å². The van der Waals surface area contributed by atoms with Crippen LogP contribution in [-0.2, 0) is 14.3 Å². The zero-order chi connectivity index (χ0) is 22.0. The summed E-state index contributed by atoms with van der Waals surface area (Å²) in [5, 5.41) is 5.52. The summed E-state index contributed by atoms with van der Waals surface area (Å²) in [5.41, 5.74) is -0.600. The van der Waals surface area contributed by atoms with Crippen LogP contribution in [0.4, 0.5) is 4.79 Å². The maximum absolute atomic E-state index is 12.2. The number of alkyl carbamates (subject to hydrolysis) is 1. The molecule has 0 atom stereocenters. The first kappa shape index (κ1) is 23.5. The van der Waals surface area contributed by atoms with E-state index in [0.717, 1.165) is 5.75 Å². The molecular weight excluding hydrogens is 386 g/mol. The summed E-state index contributed by atoms with van der Waals surface area (Å²) in [6.07, 6.45) is 1.85. The van der Waals surface area contributed by atoms with Gasteiger partial charge >= 0.3 is 6.09 Å². The van der Waals surface area contributed by atoms with Crippen molar-refractivity contribution in [3.8, 4) is 5.75 Å². The van der Waals surface area contributed by atoms with E-state index < -0.39 is 11.7 Å². The maximum atomic E-state index is 12.2. The molecule has 2 rings (SSSR count). The van der Waals surface area contributed by atoms with E-state index in [-0.39, 0.29) is 24.4 Å². The van der Waals surface area contributed by atoms with Crippen LogP contribution in [0.2, 0.25) is 0 Å². The van der Waals surface area contributed by atoms with E-state index in [9.17, 15) is 14.4 Å². The molecule has 166 valence electrons. The van der Waals surface area contributed by atoms with Crippen LogP contribution in [0, 0.1) is 0 Å². The lowest BCUT2D eigenvalue weighted by Gasteiger charge is -2.32. The van der Waals surface area contributed by atoms with Crippen molar-refractivity contribution in [2.75, 3.05) is 26.2 Å². The fourth-order valence-electron chi connectivity index (χ4n) is 3.09. The number of carbonyl (C=O) groups is 3. The van der Waals surface area contributed by atoms with Crippen molar-refractivity contribution in [3.63, 3.8) is 0 Å². The smallest absolute Gasteiger partial charge is 0.408 e. The summed E-state index contributed by atoms with van der Waals surface area (Å²) in [6, 6.07) is 9.59. The molecule has 1 aliphatic rings. The molecule has 1 fully saturated rings. The minimum Gasteiger partial charge on any atom is -0.494 e. The number of piperidine rings is 1. The van der Waals surface area contributed by atoms with Gasteiger partial charge in [-0.05, 0) is 52.2 Å². The molecule has 1 aromatic rings. The second-order valence-corrected chi connectivity index (χ2v) is 8.34. The van der Waals surface area contributed by atoms with Crippen LogP contribution < -0.4 is 15.4 Å². The van der Waals surface area contributed by atoms with Gasteiger partial charge in [0.2, 0.25) is 11.8 Å². The third-order valence-electron chi connectivity index (χ3n) is 4.56. The van der Waals surface area contributed by atoms with Crippen LogP contribution in [0.3, 0.4) is 0 Å². The molecule has 2 N–H and O–H groups in total. The molecule has 0 spiro atoms. The van der Waals surface area contributed by atoms with Crippen LogP contribution in [0.25, 0.3) is 0 Å². The number of carbonyl (C=O) groups excluding carboxylic acids is 3. The van der Waals surface area contributed by atoms with E-state index in [0.29, 0.717) is 45.4 Å². The van der Waals surface area contributed by atoms with E-state index in [4.69, 9.17) is 9.47 Å². The number of nitrogens with one attached hydrogen (secondary N) is 2. The maximum Gasteiger partial charge on any atom is 0.408 e. The summed E-state index contributed by atoms with van der Waals surface area (Å²) in [6.45, 7) is 6.81. The van der Waals surface area contributed by atoms with E-state index >= 15 is 0 Å². The van der Waals surface area contributed by atoms with Crippen LogP contribution in [0.5, 0.6) is 5.75 Å². The molecule has 1 aliphatic heterocycles. The number of amides is 3. The Bertz CT molecular complexity index is 694. The zero-order valence-electron chi connectivity index (χ0n) is 18.1. The number of ether oxygens (including phenoxy) is 2. The van der Waals surface area contributed by atoms with Crippen LogP contribution in [0.1, 0.15) is 46.5 Å². The molecule has 3 amide bonds. The Morgan fingerprint density at radius 3 is 2.40 bits per heavy atom. The minimum absolute atomic E-state index is 0.00281. The predicted molar refractivity (Wildman–Crippen MR) is 113 cm³/mol. The highest BCUT2D eigenvalue weighted by molar-refractivity contribution is 5.82. The largest absolute Gasteiger partial charge is 0.494 e. The number of benzene rings is 1. The molecule has 0 radical (unpaired) electrons. The average Bonchev–Trinajstić information content (AvgIpc) is 2.69. The SMILES string of the molecule is CC(C)(C)OC(=O)NCC(=O)N1CCC(NC(=O)CCCOc2ccccc2)CC1. The van der Waals surface area contributed by atoms with Crippen LogP contribution in [-0.4, -0.2) is 60.7 Å². The van der Waals surface area contributed by atoms with Crippen molar-refractivity contribution in [2.24, 2.45) is 0 Å². The molecule has 8 heteroatoms. The minimum atomic E-state index is -0.603. The summed E-state index contributed by atoms with van der Waals surface area (Å²) in [4.78, 5) is 37.7. The summed E-state index contributed by atoms with van der Waals surface area (Å²) < 4.78 is 10.7. The van der Waals surface area contributed by atoms with Gasteiger partial charge in [0.15, 0.2) is 0 Å². The molecule has 0 unspecified atom stereocenters. The Balaban J connectivity index is 1.57. The normalized spacial score (nSPS) is 14.7. The number of para-hydroxylation sites is 1. The number of hydrogen-bond acceptors (Lipinski definition) is 5. The Morgan fingerprint density at radius 2 is 1.77 bits per heavy atom. The Labute approximate surface area is 178 Å². The topological polar surface area (TPSA) is 97.0 Å². The highest BCUT2D eigenvalue weighted by Gasteiger charge is 2.24. The fourth-order valence-corrected chi connectivity index (χ4v) is 3.09. The summed E-state index contributed by atoms with van der Waals surface area (Å²) in [7, 11) is 0. The molecule has 0 aliphatic carbocycles. The van der Waals surface area contributed by atoms with Gasteiger partial charge in [0.1, 0.15) is 17.9 Å². The van der Waals surface area contributed by atoms with Gasteiger partial charge in [-0.2, -0.15) is 0 Å². The predicted octanol–water partition coefficient (Wildman–Crippen LogP) is 2.48. The van der Waals surface area contributed by atoms with E-state index in [2.05, 4.69) is 10.6 Å². The molecule has 0 bridgehead atoms. The number of likely N-dealkylation sites (tertiary alicyclic amines) is 1. The van der Waals surface area contributed by atoms with Crippen molar-refractivity contribution in [1.29, 1.82) is 0 Å². The first-order valence-corrected chi connectivity index (χ1v) is 10.4. The van der Waals surface area contributed by atoms with Crippen molar-refractivity contribution in [2.45, 2.75) is 58.1 Å². The highest BCUT2D eigenvalue weighted by atomic mass is 16.6. The number of nitrogens with zero attached hydrogens (tertiary/aromatic N) is 1. The van der Waals surface area contributed by atoms with Crippen molar-refractivity contribution >= 4 is 17.9 Å². The van der Waals surface area contributed by atoms with Gasteiger partial charge in [-0.3, -0.25) is 9.59 Å². The van der Waals surface area contributed by atoms with E-state index in [1.807, 2.05) is 30.3 Å². The lowest BCUT2D eigenvalue weighted by Crippen LogP contribution is -2.49. The third kappa shape index (κ3) is 9.15. The molecular formula is C22H33N3O5. The van der Waals surface area contributed by atoms with Gasteiger partial charge in [0, 0.05) is 25.6 Å². The zero-order valence-corrected chi connectivity index (χ0v) is 18.1. The number of hydrogen-bond donors (Lipinski definition) is 2. The quantitative estimate of drug-likeness (QED) is 0.631. The molecule has 1 saturated heterocycles. The first-order valence-electron chi connectivity index (χ1n) is 10.4. The monoisotopic (exact) mass is 419 g/mol. The van der Waals surface area contributed by atoms with E-state index in [1.165, 1.54) is 0 Å². The number of rotatable bonds is 8. The molecule has 30 heavy (non-hydrogen) atoms. The molecule has 8 nitrogen and oxygen atoms in total. The van der Waals surface area contributed by atoms with Gasteiger partial charge in [0.05, 0.1) is 6.61 Å². The lowest BCUT2D eigenvalue weighted by atomic mass is 10.0. The third-order valence-corrected chi connectivity index (χ3v) is 4.56. The van der Waals surface area contributed by atoms with Crippen LogP contribution >= 0.6 is 0 Å². The van der Waals surface area contributed by atoms with Crippen molar-refractivity contribution in [3.05, 3.63) is 30.3 Å². The van der Waals surface area contributed by atoms with Crippen molar-refractivity contribution in [1.82, 2.24) is 15.5 Å². The summed E-state index contributed by atoms with van der Waals surface area (Å²) >= 11 is 0. The molecule has 1 heterocycles. The van der Waals surface area contributed by atoms with Gasteiger partial charge in [-0.1, -0.05) is 18.2 Å². The standard InChI is InChI=1S/C22H33N3O5/c1-22(2,3)30-21(28)23-16-20(27)25-13-11-17(12-14-25)24-19(26)10-7-15-29-18-8-5-4-6-9-18/h4-6,8-9,17H,7,10-16H2,1-3H3,(H,23,28)(H,24,26). The van der Waals surface area contributed by atoms with E-state index in [1.54, 1.807) is 25.7 Å². The first-order chi connectivity index (χ1) is 14.2. The molecule has 0 saturated carbocycles. The second-order valence-electron chi connectivity index (χ2n) is 8.34. The van der Waals surface area contributed by atoms with Gasteiger partial charge < -0.3 is 25.0 Å². The second kappa shape index (κ2) is 11.4. The lowest BCUT2D eigenvalue weighted by molar-refractivity contribution is -0.131. The van der Waals surface area contributed by atoms with Gasteiger partial charge in [-0.25, -0.2) is 4.79 Å². The van der Waals surface area contributed by atoms with Crippen molar-refractivity contribution < 1.29 is 23.9 Å². The summed E-state index contributed by atoms with van der Waals surface area (Å²) in [5.74, 6) is 0.655. The Morgan fingerprint density at radius 1 is 1.10 bits per heavy atom. The highest BCUT2D eigenvalue weighted by Crippen LogP contribution is 2.12. The molecule has 0 aromatic heterocycles. The van der Waals surface area contributed by atoms with Gasteiger partial charge in [0.25, 0.3) is 0 Å². The fraction of sp³-hybridized carbons (Fsp3) is 0.591. The molecule has 1 aromatic carbocycles. The Hall–Kier alpha value is -2.77. The average molecular weight is 420 g/mol.